The number of alkyl halides is 2. The molecule has 1 fully saturated rings. The zero-order chi connectivity index (χ0) is 22.8. The number of hydrogen-bond acceptors (Lipinski definition) is 6. The Bertz CT molecular complexity index is 1050. The van der Waals surface area contributed by atoms with Crippen molar-refractivity contribution in [2.75, 3.05) is 11.9 Å². The van der Waals surface area contributed by atoms with Crippen molar-refractivity contribution >= 4 is 41.0 Å². The Morgan fingerprint density at radius 3 is 2.55 bits per heavy atom. The fraction of sp³-hybridized carbons (Fsp3) is 0.211. The second kappa shape index (κ2) is 8.68. The van der Waals surface area contributed by atoms with Gasteiger partial charge in [0.25, 0.3) is 17.4 Å². The molecular formula is C19H16F2N4O5S. The number of rotatable bonds is 7. The summed E-state index contributed by atoms with van der Waals surface area (Å²) in [6.07, 6.45) is 0. The molecule has 3 rings (SSSR count). The number of halogens is 2. The first-order valence-electron chi connectivity index (χ1n) is 8.84. The van der Waals surface area contributed by atoms with Gasteiger partial charge >= 0.3 is 6.03 Å². The minimum absolute atomic E-state index is 0.204. The highest BCUT2D eigenvalue weighted by atomic mass is 32.2. The molecular weight excluding hydrogens is 434 g/mol. The lowest BCUT2D eigenvalue weighted by atomic mass is 9.91. The van der Waals surface area contributed by atoms with Gasteiger partial charge in [0.2, 0.25) is 5.91 Å². The fourth-order valence-electron chi connectivity index (χ4n) is 3.03. The first-order chi connectivity index (χ1) is 14.6. The summed E-state index contributed by atoms with van der Waals surface area (Å²) in [7, 11) is 0. The van der Waals surface area contributed by atoms with Crippen molar-refractivity contribution in [3.63, 3.8) is 0 Å². The topological polar surface area (TPSA) is 122 Å². The maximum absolute atomic E-state index is 12.9. The van der Waals surface area contributed by atoms with E-state index in [4.69, 9.17) is 0 Å². The monoisotopic (exact) mass is 450 g/mol. The number of anilines is 1. The van der Waals surface area contributed by atoms with E-state index in [-0.39, 0.29) is 11.3 Å². The molecule has 0 radical (unpaired) electrons. The lowest BCUT2D eigenvalue weighted by Gasteiger charge is -2.22. The van der Waals surface area contributed by atoms with Gasteiger partial charge in [-0.1, -0.05) is 23.9 Å². The molecule has 0 spiro atoms. The standard InChI is InChI=1S/C19H16F2N4O5S/c1-19(11-3-2-4-13(9-11)25(29)30)16(27)24(18(28)23-19)10-15(26)22-12-5-7-14(8-6-12)31-17(20)21/h2-9,17H,10H2,1H3,(H,22,26)(H,23,28). The van der Waals surface area contributed by atoms with Crippen molar-refractivity contribution in [3.8, 4) is 0 Å². The van der Waals surface area contributed by atoms with E-state index in [1.807, 2.05) is 0 Å². The number of nitrogens with zero attached hydrogens (tertiary/aromatic N) is 2. The van der Waals surface area contributed by atoms with E-state index >= 15 is 0 Å². The first-order valence-corrected chi connectivity index (χ1v) is 9.72. The van der Waals surface area contributed by atoms with Crippen LogP contribution in [0.3, 0.4) is 0 Å². The molecule has 2 aromatic carbocycles. The third-order valence-corrected chi connectivity index (χ3v) is 5.30. The number of carbonyl (C=O) groups excluding carboxylic acids is 3. The van der Waals surface area contributed by atoms with Crippen molar-refractivity contribution in [2.45, 2.75) is 23.1 Å². The molecule has 0 aromatic heterocycles. The highest BCUT2D eigenvalue weighted by Gasteiger charge is 2.49. The summed E-state index contributed by atoms with van der Waals surface area (Å²) in [5.74, 6) is -3.99. The Labute approximate surface area is 178 Å². The van der Waals surface area contributed by atoms with E-state index in [9.17, 15) is 33.3 Å². The van der Waals surface area contributed by atoms with Crippen LogP contribution in [0.2, 0.25) is 0 Å². The van der Waals surface area contributed by atoms with Crippen LogP contribution in [-0.4, -0.2) is 40.0 Å². The summed E-state index contributed by atoms with van der Waals surface area (Å²) < 4.78 is 24.7. The number of benzene rings is 2. The highest BCUT2D eigenvalue weighted by Crippen LogP contribution is 2.31. The highest BCUT2D eigenvalue weighted by molar-refractivity contribution is 7.99. The van der Waals surface area contributed by atoms with Crippen LogP contribution in [0.5, 0.6) is 0 Å². The molecule has 2 N–H and O–H groups in total. The minimum atomic E-state index is -2.57. The number of nitro groups is 1. The smallest absolute Gasteiger partial charge is 0.325 e. The second-order valence-corrected chi connectivity index (χ2v) is 7.77. The van der Waals surface area contributed by atoms with Gasteiger partial charge in [0.05, 0.1) is 4.92 Å². The molecule has 31 heavy (non-hydrogen) atoms. The SMILES string of the molecule is CC1(c2cccc([N+](=O)[O-])c2)NC(=O)N(CC(=O)Nc2ccc(SC(F)F)cc2)C1=O. The Morgan fingerprint density at radius 2 is 1.94 bits per heavy atom. The number of thioether (sulfide) groups is 1. The van der Waals surface area contributed by atoms with Gasteiger partial charge in [-0.15, -0.1) is 0 Å². The molecule has 1 saturated heterocycles. The lowest BCUT2D eigenvalue weighted by Crippen LogP contribution is -2.42. The summed E-state index contributed by atoms with van der Waals surface area (Å²) in [5.41, 5.74) is -1.31. The van der Waals surface area contributed by atoms with Crippen LogP contribution in [0.25, 0.3) is 0 Å². The number of hydrogen-bond donors (Lipinski definition) is 2. The Balaban J connectivity index is 1.70. The molecule has 2 aromatic rings. The predicted molar refractivity (Wildman–Crippen MR) is 108 cm³/mol. The Kier molecular flexibility index (Phi) is 6.20. The van der Waals surface area contributed by atoms with Crippen LogP contribution in [0.4, 0.5) is 25.0 Å². The summed E-state index contributed by atoms with van der Waals surface area (Å²) in [6, 6.07) is 10.1. The summed E-state index contributed by atoms with van der Waals surface area (Å²) >= 11 is 0.359. The normalized spacial score (nSPS) is 18.3. The van der Waals surface area contributed by atoms with E-state index in [0.717, 1.165) is 0 Å². The average molecular weight is 450 g/mol. The quantitative estimate of drug-likeness (QED) is 0.289. The van der Waals surface area contributed by atoms with E-state index in [2.05, 4.69) is 10.6 Å². The van der Waals surface area contributed by atoms with Gasteiger partial charge in [-0.3, -0.25) is 24.6 Å². The molecule has 1 aliphatic rings. The molecule has 0 aliphatic carbocycles. The lowest BCUT2D eigenvalue weighted by molar-refractivity contribution is -0.385. The third-order valence-electron chi connectivity index (χ3n) is 4.57. The van der Waals surface area contributed by atoms with Gasteiger partial charge in [-0.2, -0.15) is 8.78 Å². The molecule has 0 saturated carbocycles. The molecule has 9 nitrogen and oxygen atoms in total. The van der Waals surface area contributed by atoms with Crippen LogP contribution in [0, 0.1) is 10.1 Å². The molecule has 12 heteroatoms. The molecule has 1 aliphatic heterocycles. The first kappa shape index (κ1) is 22.2. The number of urea groups is 1. The summed E-state index contributed by atoms with van der Waals surface area (Å²) in [6.45, 7) is 0.798. The molecule has 0 bridgehead atoms. The number of non-ortho nitro benzene ring substituents is 1. The van der Waals surface area contributed by atoms with Crippen LogP contribution in [0.15, 0.2) is 53.4 Å². The van der Waals surface area contributed by atoms with Gasteiger partial charge in [-0.25, -0.2) is 4.79 Å². The van der Waals surface area contributed by atoms with Gasteiger partial charge in [-0.05, 0) is 36.8 Å². The molecule has 1 atom stereocenters. The van der Waals surface area contributed by atoms with Crippen LogP contribution >= 0.6 is 11.8 Å². The summed E-state index contributed by atoms with van der Waals surface area (Å²) in [5, 5.41) is 16.0. The van der Waals surface area contributed by atoms with Crippen molar-refractivity contribution in [1.29, 1.82) is 0 Å². The molecule has 1 unspecified atom stereocenters. The number of nitrogens with one attached hydrogen (secondary N) is 2. The van der Waals surface area contributed by atoms with Crippen molar-refractivity contribution in [2.24, 2.45) is 0 Å². The maximum atomic E-state index is 12.9. The number of carbonyl (C=O) groups is 3. The molecule has 4 amide bonds. The van der Waals surface area contributed by atoms with Crippen LogP contribution < -0.4 is 10.6 Å². The largest absolute Gasteiger partial charge is 0.325 e. The van der Waals surface area contributed by atoms with Gasteiger partial charge < -0.3 is 10.6 Å². The molecule has 1 heterocycles. The van der Waals surface area contributed by atoms with E-state index in [0.29, 0.717) is 27.2 Å². The van der Waals surface area contributed by atoms with E-state index in [1.54, 1.807) is 0 Å². The van der Waals surface area contributed by atoms with Crippen LogP contribution in [0.1, 0.15) is 12.5 Å². The minimum Gasteiger partial charge on any atom is -0.325 e. The van der Waals surface area contributed by atoms with Gasteiger partial charge in [0.1, 0.15) is 12.1 Å². The number of imide groups is 1. The second-order valence-electron chi connectivity index (χ2n) is 6.70. The van der Waals surface area contributed by atoms with Gasteiger partial charge in [0, 0.05) is 22.7 Å². The summed E-state index contributed by atoms with van der Waals surface area (Å²) in [4.78, 5) is 48.9. The number of amides is 4. The van der Waals surface area contributed by atoms with Crippen molar-refractivity contribution < 1.29 is 28.1 Å². The third kappa shape index (κ3) is 4.79. The van der Waals surface area contributed by atoms with Crippen molar-refractivity contribution in [1.82, 2.24) is 10.2 Å². The number of nitro benzene ring substituents is 1. The average Bonchev–Trinajstić information content (AvgIpc) is 2.93. The molecule has 162 valence electrons. The van der Waals surface area contributed by atoms with Crippen LogP contribution in [-0.2, 0) is 15.1 Å². The zero-order valence-corrected chi connectivity index (χ0v) is 16.8. The van der Waals surface area contributed by atoms with E-state index in [1.165, 1.54) is 55.5 Å². The Hall–Kier alpha value is -3.54. The maximum Gasteiger partial charge on any atom is 0.325 e. The predicted octanol–water partition coefficient (Wildman–Crippen LogP) is 3.32. The Morgan fingerprint density at radius 1 is 1.26 bits per heavy atom. The zero-order valence-electron chi connectivity index (χ0n) is 16.0. The van der Waals surface area contributed by atoms with E-state index < -0.39 is 40.6 Å². The van der Waals surface area contributed by atoms with Gasteiger partial charge in [0.15, 0.2) is 0 Å². The fourth-order valence-corrected chi connectivity index (χ4v) is 3.53. The van der Waals surface area contributed by atoms with Crippen molar-refractivity contribution in [3.05, 3.63) is 64.2 Å².